The second kappa shape index (κ2) is 6.12. The zero-order valence-electron chi connectivity index (χ0n) is 13.9. The summed E-state index contributed by atoms with van der Waals surface area (Å²) in [7, 11) is 0. The average Bonchev–Trinajstić information content (AvgIpc) is 2.45. The fourth-order valence-electron chi connectivity index (χ4n) is 2.95. The van der Waals surface area contributed by atoms with E-state index in [2.05, 4.69) is 0 Å². The Balaban J connectivity index is 2.25. The van der Waals surface area contributed by atoms with E-state index in [0.29, 0.717) is 0 Å². The lowest BCUT2D eigenvalue weighted by Gasteiger charge is -2.58. The molecule has 6 atom stereocenters. The minimum atomic E-state index is -1.96. The lowest BCUT2D eigenvalue weighted by Crippen LogP contribution is -2.78. The Morgan fingerprint density at radius 1 is 1.09 bits per heavy atom. The molecular weight excluding hydrogens is 300 g/mol. The maximum absolute atomic E-state index is 10.7. The molecule has 1 unspecified atom stereocenters. The highest BCUT2D eigenvalue weighted by atomic mass is 16.7. The Kier molecular flexibility index (Phi) is 4.88. The van der Waals surface area contributed by atoms with Gasteiger partial charge in [-0.25, -0.2) is 0 Å². The summed E-state index contributed by atoms with van der Waals surface area (Å²) in [6.07, 6.45) is -3.38. The monoisotopic (exact) mass is 326 g/mol. The average molecular weight is 326 g/mol. The van der Waals surface area contributed by atoms with Gasteiger partial charge < -0.3 is 29.9 Å². The molecule has 1 aromatic carbocycles. The van der Waals surface area contributed by atoms with Crippen molar-refractivity contribution < 1.29 is 29.9 Å². The predicted octanol–water partition coefficient (Wildman–Crippen LogP) is 0.562. The molecule has 2 rings (SSSR count). The van der Waals surface area contributed by atoms with Crippen LogP contribution in [0.25, 0.3) is 0 Å². The third kappa shape index (κ3) is 3.03. The molecule has 0 radical (unpaired) electrons. The molecule has 1 fully saturated rings. The molecule has 0 aromatic heterocycles. The molecule has 1 heterocycles. The van der Waals surface area contributed by atoms with Gasteiger partial charge in [-0.15, -0.1) is 0 Å². The number of ether oxygens (including phenoxy) is 2. The molecular formula is C17H26O6. The molecule has 0 spiro atoms. The van der Waals surface area contributed by atoms with Crippen molar-refractivity contribution in [2.75, 3.05) is 0 Å². The maximum atomic E-state index is 10.7. The molecule has 1 aliphatic rings. The Morgan fingerprint density at radius 2 is 1.65 bits per heavy atom. The number of aliphatic hydroxyl groups excluding tert-OH is 1. The van der Waals surface area contributed by atoms with Crippen molar-refractivity contribution in [3.05, 3.63) is 35.9 Å². The van der Waals surface area contributed by atoms with Gasteiger partial charge in [0.1, 0.15) is 22.9 Å². The van der Waals surface area contributed by atoms with Crippen LogP contribution in [0.3, 0.4) is 0 Å². The van der Waals surface area contributed by atoms with E-state index in [1.54, 1.807) is 0 Å². The number of benzene rings is 1. The molecule has 0 bridgehead atoms. The summed E-state index contributed by atoms with van der Waals surface area (Å²) < 4.78 is 11.2. The van der Waals surface area contributed by atoms with E-state index in [1.807, 2.05) is 30.3 Å². The van der Waals surface area contributed by atoms with E-state index >= 15 is 0 Å². The fourth-order valence-corrected chi connectivity index (χ4v) is 2.95. The van der Waals surface area contributed by atoms with E-state index in [9.17, 15) is 20.4 Å². The minimum Gasteiger partial charge on any atom is -0.391 e. The van der Waals surface area contributed by atoms with Crippen LogP contribution in [-0.4, -0.2) is 55.7 Å². The molecule has 0 amide bonds. The van der Waals surface area contributed by atoms with Crippen LogP contribution in [-0.2, 0) is 16.1 Å². The number of hydrogen-bond acceptors (Lipinski definition) is 6. The Labute approximate surface area is 136 Å². The Bertz CT molecular complexity index is 523. The van der Waals surface area contributed by atoms with Crippen molar-refractivity contribution in [1.82, 2.24) is 0 Å². The van der Waals surface area contributed by atoms with Crippen molar-refractivity contribution in [3.8, 4) is 0 Å². The molecule has 1 saturated heterocycles. The van der Waals surface area contributed by atoms with Gasteiger partial charge in [-0.05, 0) is 33.3 Å². The predicted molar refractivity (Wildman–Crippen MR) is 83.4 cm³/mol. The van der Waals surface area contributed by atoms with Crippen molar-refractivity contribution >= 4 is 0 Å². The molecule has 0 saturated carbocycles. The zero-order chi connectivity index (χ0) is 17.5. The lowest BCUT2D eigenvalue weighted by molar-refractivity contribution is -0.397. The van der Waals surface area contributed by atoms with Gasteiger partial charge in [0.2, 0.25) is 0 Å². The van der Waals surface area contributed by atoms with Crippen LogP contribution < -0.4 is 0 Å². The van der Waals surface area contributed by atoms with Crippen molar-refractivity contribution in [2.45, 2.75) is 69.6 Å². The summed E-state index contributed by atoms with van der Waals surface area (Å²) in [6.45, 7) is 5.58. The van der Waals surface area contributed by atoms with Crippen molar-refractivity contribution in [3.63, 3.8) is 0 Å². The van der Waals surface area contributed by atoms with E-state index in [-0.39, 0.29) is 6.61 Å². The first-order chi connectivity index (χ1) is 10.5. The Hall–Kier alpha value is -1.02. The maximum Gasteiger partial charge on any atom is 0.189 e. The largest absolute Gasteiger partial charge is 0.391 e. The standard InChI is InChI=1S/C17H26O6/c1-11(18)13-15(2,19)17(4,21)16(3,20)14(23-13)22-10-12-8-6-5-7-9-12/h5-9,11,13-14,18-21H,10H2,1-4H3/t11?,13-,14-,15-,16+,17+/m1/s1. The third-order valence-electron chi connectivity index (χ3n) is 4.94. The van der Waals surface area contributed by atoms with Gasteiger partial charge in [-0.3, -0.25) is 0 Å². The molecule has 4 N–H and O–H groups in total. The highest BCUT2D eigenvalue weighted by molar-refractivity contribution is 5.16. The molecule has 130 valence electrons. The normalized spacial score (nSPS) is 42.4. The van der Waals surface area contributed by atoms with Gasteiger partial charge in [0.05, 0.1) is 12.7 Å². The number of aliphatic hydroxyl groups is 4. The summed E-state index contributed by atoms with van der Waals surface area (Å²) in [6, 6.07) is 9.31. The summed E-state index contributed by atoms with van der Waals surface area (Å²) in [5.74, 6) is 0. The molecule has 1 aliphatic heterocycles. The van der Waals surface area contributed by atoms with Crippen molar-refractivity contribution in [2.24, 2.45) is 0 Å². The molecule has 1 aromatic rings. The highest BCUT2D eigenvalue weighted by Gasteiger charge is 2.67. The van der Waals surface area contributed by atoms with E-state index in [0.717, 1.165) is 5.56 Å². The van der Waals surface area contributed by atoms with Crippen LogP contribution in [0, 0.1) is 0 Å². The van der Waals surface area contributed by atoms with Gasteiger partial charge in [0, 0.05) is 0 Å². The van der Waals surface area contributed by atoms with E-state index < -0.39 is 35.3 Å². The van der Waals surface area contributed by atoms with E-state index in [1.165, 1.54) is 27.7 Å². The first kappa shape index (κ1) is 18.3. The Morgan fingerprint density at radius 3 is 2.17 bits per heavy atom. The topological polar surface area (TPSA) is 99.4 Å². The van der Waals surface area contributed by atoms with Crippen molar-refractivity contribution in [1.29, 1.82) is 0 Å². The van der Waals surface area contributed by atoms with Gasteiger partial charge in [0.25, 0.3) is 0 Å². The third-order valence-corrected chi connectivity index (χ3v) is 4.94. The SMILES string of the molecule is CC(O)[C@H]1O[C@@H](OCc2ccccc2)[C@](C)(O)[C@@](C)(O)[C@]1(C)O. The lowest BCUT2D eigenvalue weighted by atomic mass is 9.67. The summed E-state index contributed by atoms with van der Waals surface area (Å²) in [5, 5.41) is 42.0. The number of hydrogen-bond donors (Lipinski definition) is 4. The second-order valence-corrected chi connectivity index (χ2v) is 6.79. The highest BCUT2D eigenvalue weighted by Crippen LogP contribution is 2.45. The van der Waals surface area contributed by atoms with Crippen LogP contribution in [0.15, 0.2) is 30.3 Å². The van der Waals surface area contributed by atoms with E-state index in [4.69, 9.17) is 9.47 Å². The van der Waals surface area contributed by atoms with Crippen LogP contribution in [0.1, 0.15) is 33.3 Å². The van der Waals surface area contributed by atoms with Gasteiger partial charge in [-0.1, -0.05) is 30.3 Å². The smallest absolute Gasteiger partial charge is 0.189 e. The molecule has 0 aliphatic carbocycles. The molecule has 6 heteroatoms. The first-order valence-corrected chi connectivity index (χ1v) is 7.68. The van der Waals surface area contributed by atoms with Gasteiger partial charge in [0.15, 0.2) is 6.29 Å². The summed E-state index contributed by atoms with van der Waals surface area (Å²) in [4.78, 5) is 0. The minimum absolute atomic E-state index is 0.159. The van der Waals surface area contributed by atoms with Crippen LogP contribution >= 0.6 is 0 Å². The quantitative estimate of drug-likeness (QED) is 0.645. The first-order valence-electron chi connectivity index (χ1n) is 7.68. The van der Waals surface area contributed by atoms with Crippen LogP contribution in [0.4, 0.5) is 0 Å². The summed E-state index contributed by atoms with van der Waals surface area (Å²) in [5.41, 5.74) is -4.83. The molecule has 23 heavy (non-hydrogen) atoms. The summed E-state index contributed by atoms with van der Waals surface area (Å²) >= 11 is 0. The van der Waals surface area contributed by atoms with Gasteiger partial charge in [-0.2, -0.15) is 0 Å². The fraction of sp³-hybridized carbons (Fsp3) is 0.647. The van der Waals surface area contributed by atoms with Crippen LogP contribution in [0.2, 0.25) is 0 Å². The number of rotatable bonds is 4. The zero-order valence-corrected chi connectivity index (χ0v) is 13.9. The van der Waals surface area contributed by atoms with Crippen LogP contribution in [0.5, 0.6) is 0 Å². The molecule has 6 nitrogen and oxygen atoms in total. The second-order valence-electron chi connectivity index (χ2n) is 6.79. The van der Waals surface area contributed by atoms with Gasteiger partial charge >= 0.3 is 0 Å².